The highest BCUT2D eigenvalue weighted by atomic mass is 16.4. The lowest BCUT2D eigenvalue weighted by atomic mass is 9.66. The van der Waals surface area contributed by atoms with Gasteiger partial charge in [0, 0.05) is 22.1 Å². The van der Waals surface area contributed by atoms with Crippen LogP contribution in [0.15, 0.2) is 71.0 Å². The highest BCUT2D eigenvalue weighted by Crippen LogP contribution is 2.59. The summed E-state index contributed by atoms with van der Waals surface area (Å²) in [6, 6.07) is 15.6. The molecule has 1 unspecified atom stereocenters. The number of para-hydroxylation sites is 1. The van der Waals surface area contributed by atoms with E-state index in [-0.39, 0.29) is 11.6 Å². The molecule has 3 aliphatic heterocycles. The molecule has 1 aromatic heterocycles. The Morgan fingerprint density at radius 3 is 2.45 bits per heavy atom. The number of rotatable bonds is 3. The lowest BCUT2D eigenvalue weighted by Crippen LogP contribution is -2.57. The third kappa shape index (κ3) is 1.85. The van der Waals surface area contributed by atoms with Crippen LogP contribution >= 0.6 is 0 Å². The Kier molecular flexibility index (Phi) is 3.20. The highest BCUT2D eigenvalue weighted by Gasteiger charge is 2.57. The molecule has 0 aliphatic carbocycles. The maximum Gasteiger partial charge on any atom is 0.320 e. The van der Waals surface area contributed by atoms with E-state index in [1.807, 2.05) is 5.01 Å². The molecule has 5 heteroatoms. The SMILES string of the molecule is C=C1c2cccc3c2N2C(=NN(c4ncco4)C2C1(CC)CC)c1ccccc1-3. The smallest absolute Gasteiger partial charge is 0.320 e. The highest BCUT2D eigenvalue weighted by molar-refractivity contribution is 6.23. The molecule has 0 radical (unpaired) electrons. The molecule has 1 atom stereocenters. The summed E-state index contributed by atoms with van der Waals surface area (Å²) in [5, 5.41) is 7.05. The molecule has 0 amide bonds. The Hall–Kier alpha value is -3.34. The van der Waals surface area contributed by atoms with Gasteiger partial charge in [-0.1, -0.05) is 62.9 Å². The van der Waals surface area contributed by atoms with Crippen molar-refractivity contribution in [2.45, 2.75) is 32.9 Å². The fourth-order valence-corrected chi connectivity index (χ4v) is 5.44. The van der Waals surface area contributed by atoms with E-state index in [4.69, 9.17) is 9.52 Å². The van der Waals surface area contributed by atoms with Gasteiger partial charge in [0.25, 0.3) is 0 Å². The number of aromatic nitrogens is 1. The number of oxazole rings is 1. The molecule has 0 N–H and O–H groups in total. The van der Waals surface area contributed by atoms with Gasteiger partial charge >= 0.3 is 6.01 Å². The zero-order chi connectivity index (χ0) is 19.8. The predicted octanol–water partition coefficient (Wildman–Crippen LogP) is 5.50. The maximum atomic E-state index is 5.72. The molecule has 0 spiro atoms. The van der Waals surface area contributed by atoms with Gasteiger partial charge < -0.3 is 4.42 Å². The van der Waals surface area contributed by atoms with Crippen LogP contribution in [0.2, 0.25) is 0 Å². The first kappa shape index (κ1) is 16.6. The standard InChI is InChI=1S/C24H22N4O/c1-4-24(5-2)15(3)16-11-8-12-18-17-9-6-7-10-19(17)21-26-28(23-25-13-14-29-23)22(24)27(21)20(16)18/h6-14,22H,3-5H2,1-2H3. The van der Waals surface area contributed by atoms with Gasteiger partial charge in [-0.05, 0) is 24.0 Å². The molecule has 0 saturated carbocycles. The van der Waals surface area contributed by atoms with Gasteiger partial charge in [0.1, 0.15) is 12.4 Å². The first-order valence-electron chi connectivity index (χ1n) is 10.2. The van der Waals surface area contributed by atoms with Crippen LogP contribution in [0.1, 0.15) is 37.8 Å². The van der Waals surface area contributed by atoms with Crippen molar-refractivity contribution in [2.24, 2.45) is 10.5 Å². The van der Waals surface area contributed by atoms with Crippen molar-refractivity contribution >= 4 is 23.1 Å². The summed E-state index contributed by atoms with van der Waals surface area (Å²) in [6.07, 6.45) is 5.14. The fourth-order valence-electron chi connectivity index (χ4n) is 5.44. The lowest BCUT2D eigenvalue weighted by molar-refractivity contribution is 0.280. The quantitative estimate of drug-likeness (QED) is 0.600. The van der Waals surface area contributed by atoms with Gasteiger partial charge in [0.2, 0.25) is 0 Å². The van der Waals surface area contributed by atoms with E-state index >= 15 is 0 Å². The Bertz CT molecular complexity index is 1170. The van der Waals surface area contributed by atoms with Gasteiger partial charge in [-0.15, -0.1) is 5.10 Å². The first-order valence-corrected chi connectivity index (χ1v) is 10.2. The zero-order valence-electron chi connectivity index (χ0n) is 16.6. The van der Waals surface area contributed by atoms with Gasteiger partial charge in [-0.2, -0.15) is 5.01 Å². The van der Waals surface area contributed by atoms with E-state index in [1.54, 1.807) is 12.5 Å². The normalized spacial score (nSPS) is 20.4. The average molecular weight is 382 g/mol. The second-order valence-electron chi connectivity index (χ2n) is 7.92. The summed E-state index contributed by atoms with van der Waals surface area (Å²) >= 11 is 0. The Labute approximate surface area is 170 Å². The number of fused-ring (bicyclic) bond motifs is 3. The van der Waals surface area contributed by atoms with Gasteiger partial charge in [0.05, 0.1) is 11.9 Å². The van der Waals surface area contributed by atoms with Crippen molar-refractivity contribution in [3.63, 3.8) is 0 Å². The number of amidine groups is 1. The van der Waals surface area contributed by atoms with Crippen LogP contribution in [0.4, 0.5) is 11.7 Å². The van der Waals surface area contributed by atoms with E-state index in [2.05, 4.69) is 72.8 Å². The van der Waals surface area contributed by atoms with Crippen LogP contribution in [-0.2, 0) is 0 Å². The summed E-state index contributed by atoms with van der Waals surface area (Å²) in [4.78, 5) is 6.84. The molecule has 6 rings (SSSR count). The minimum atomic E-state index is -0.169. The number of hydrogen-bond donors (Lipinski definition) is 0. The molecule has 0 bridgehead atoms. The summed E-state index contributed by atoms with van der Waals surface area (Å²) in [5.74, 6) is 0.961. The molecule has 3 aromatic rings. The van der Waals surface area contributed by atoms with Crippen molar-refractivity contribution in [3.8, 4) is 11.1 Å². The molecule has 0 saturated heterocycles. The maximum absolute atomic E-state index is 5.72. The van der Waals surface area contributed by atoms with E-state index < -0.39 is 0 Å². The monoisotopic (exact) mass is 382 g/mol. The van der Waals surface area contributed by atoms with E-state index in [0.717, 1.165) is 24.2 Å². The molecule has 0 fully saturated rings. The lowest BCUT2D eigenvalue weighted by Gasteiger charge is -2.52. The third-order valence-electron chi connectivity index (χ3n) is 6.94. The Balaban J connectivity index is 1.73. The minimum absolute atomic E-state index is 0.0549. The van der Waals surface area contributed by atoms with Crippen LogP contribution < -0.4 is 9.91 Å². The predicted molar refractivity (Wildman–Crippen MR) is 116 cm³/mol. The van der Waals surface area contributed by atoms with Crippen LogP contribution in [0.3, 0.4) is 0 Å². The topological polar surface area (TPSA) is 44.9 Å². The molecular weight excluding hydrogens is 360 g/mol. The largest absolute Gasteiger partial charge is 0.431 e. The van der Waals surface area contributed by atoms with E-state index in [0.29, 0.717) is 6.01 Å². The number of anilines is 2. The average Bonchev–Trinajstić information content (AvgIpc) is 3.43. The van der Waals surface area contributed by atoms with Crippen LogP contribution in [-0.4, -0.2) is 17.0 Å². The summed E-state index contributed by atoms with van der Waals surface area (Å²) in [6.45, 7) is 9.10. The van der Waals surface area contributed by atoms with Crippen molar-refractivity contribution in [3.05, 3.63) is 72.6 Å². The number of benzene rings is 2. The van der Waals surface area contributed by atoms with Crippen molar-refractivity contribution in [2.75, 3.05) is 9.91 Å². The van der Waals surface area contributed by atoms with Gasteiger partial charge in [-0.25, -0.2) is 4.98 Å². The number of nitrogens with zero attached hydrogens (tertiary/aromatic N) is 4. The van der Waals surface area contributed by atoms with Crippen molar-refractivity contribution in [1.82, 2.24) is 4.98 Å². The van der Waals surface area contributed by atoms with Crippen LogP contribution in [0, 0.1) is 5.41 Å². The second kappa shape index (κ2) is 5.60. The first-order chi connectivity index (χ1) is 14.2. The Morgan fingerprint density at radius 2 is 1.72 bits per heavy atom. The molecule has 4 heterocycles. The zero-order valence-corrected chi connectivity index (χ0v) is 16.6. The fraction of sp³-hybridized carbons (Fsp3) is 0.250. The molecule has 3 aliphatic rings. The van der Waals surface area contributed by atoms with Gasteiger partial charge in [0.15, 0.2) is 5.84 Å². The van der Waals surface area contributed by atoms with Crippen LogP contribution in [0.25, 0.3) is 16.7 Å². The molecular formula is C24H22N4O. The van der Waals surface area contributed by atoms with Crippen molar-refractivity contribution < 1.29 is 4.42 Å². The van der Waals surface area contributed by atoms with E-state index in [1.165, 1.54) is 28.0 Å². The molecule has 5 nitrogen and oxygen atoms in total. The van der Waals surface area contributed by atoms with Crippen molar-refractivity contribution in [1.29, 1.82) is 0 Å². The Morgan fingerprint density at radius 1 is 1.00 bits per heavy atom. The molecule has 29 heavy (non-hydrogen) atoms. The number of hydrazone groups is 1. The van der Waals surface area contributed by atoms with Crippen LogP contribution in [0.5, 0.6) is 0 Å². The summed E-state index contributed by atoms with van der Waals surface area (Å²) < 4.78 is 5.72. The molecule has 2 aromatic carbocycles. The summed E-state index contributed by atoms with van der Waals surface area (Å²) in [7, 11) is 0. The van der Waals surface area contributed by atoms with Gasteiger partial charge in [-0.3, -0.25) is 4.90 Å². The second-order valence-corrected chi connectivity index (χ2v) is 7.92. The summed E-state index contributed by atoms with van der Waals surface area (Å²) in [5.41, 5.74) is 7.01. The third-order valence-corrected chi connectivity index (χ3v) is 6.94. The number of hydrogen-bond acceptors (Lipinski definition) is 5. The van der Waals surface area contributed by atoms with E-state index in [9.17, 15) is 0 Å². The minimum Gasteiger partial charge on any atom is -0.431 e. The molecule has 144 valence electrons.